The number of nitrogen functional groups attached to an aromatic ring is 1. The molecule has 0 radical (unpaired) electrons. The summed E-state index contributed by atoms with van der Waals surface area (Å²) in [5.41, 5.74) is 7.29. The van der Waals surface area contributed by atoms with Crippen molar-refractivity contribution in [1.82, 2.24) is 5.32 Å². The van der Waals surface area contributed by atoms with Crippen molar-refractivity contribution in [3.05, 3.63) is 63.6 Å². The van der Waals surface area contributed by atoms with Crippen molar-refractivity contribution in [2.45, 2.75) is 12.5 Å². The summed E-state index contributed by atoms with van der Waals surface area (Å²) in [6.45, 7) is 0. The van der Waals surface area contributed by atoms with Crippen molar-refractivity contribution in [2.75, 3.05) is 12.8 Å². The Morgan fingerprint density at radius 3 is 2.62 bits per heavy atom. The Labute approximate surface area is 149 Å². The monoisotopic (exact) mass is 366 g/mol. The summed E-state index contributed by atoms with van der Waals surface area (Å²) in [5.74, 6) is -1.08. The fourth-order valence-electron chi connectivity index (χ4n) is 2.20. The predicted octanol–water partition coefficient (Wildman–Crippen LogP) is 3.09. The summed E-state index contributed by atoms with van der Waals surface area (Å²) in [7, 11) is 1.26. The molecule has 1 atom stereocenters. The summed E-state index contributed by atoms with van der Waals surface area (Å²) < 4.78 is 4.76. The Balaban J connectivity index is 2.21. The van der Waals surface area contributed by atoms with Gasteiger partial charge in [0.1, 0.15) is 6.04 Å². The highest BCUT2D eigenvalue weighted by molar-refractivity contribution is 6.35. The van der Waals surface area contributed by atoms with Crippen LogP contribution in [0.5, 0.6) is 0 Å². The zero-order chi connectivity index (χ0) is 17.7. The Morgan fingerprint density at radius 2 is 1.96 bits per heavy atom. The molecular formula is C17H16Cl2N2O3. The molecule has 5 nitrogen and oxygen atoms in total. The zero-order valence-corrected chi connectivity index (χ0v) is 14.4. The number of benzene rings is 2. The van der Waals surface area contributed by atoms with Crippen molar-refractivity contribution >= 4 is 40.8 Å². The molecule has 2 aromatic carbocycles. The maximum Gasteiger partial charge on any atom is 0.328 e. The highest BCUT2D eigenvalue weighted by atomic mass is 35.5. The highest BCUT2D eigenvalue weighted by Crippen LogP contribution is 2.21. The lowest BCUT2D eigenvalue weighted by Gasteiger charge is -2.17. The third-order valence-electron chi connectivity index (χ3n) is 3.35. The number of amides is 1. The van der Waals surface area contributed by atoms with Crippen LogP contribution in [0.15, 0.2) is 42.5 Å². The second-order valence-corrected chi connectivity index (χ2v) is 5.97. The van der Waals surface area contributed by atoms with Crippen LogP contribution in [0, 0.1) is 0 Å². The van der Waals surface area contributed by atoms with Gasteiger partial charge in [0.05, 0.1) is 17.7 Å². The molecule has 0 aliphatic rings. The Hall–Kier alpha value is -2.24. The van der Waals surface area contributed by atoms with Crippen molar-refractivity contribution in [3.63, 3.8) is 0 Å². The number of esters is 1. The number of ether oxygens (including phenoxy) is 1. The first-order valence-electron chi connectivity index (χ1n) is 7.09. The van der Waals surface area contributed by atoms with Gasteiger partial charge < -0.3 is 15.8 Å². The summed E-state index contributed by atoms with van der Waals surface area (Å²) in [6.07, 6.45) is 0.238. The number of anilines is 1. The van der Waals surface area contributed by atoms with Gasteiger partial charge in [-0.2, -0.15) is 0 Å². The van der Waals surface area contributed by atoms with Gasteiger partial charge >= 0.3 is 5.97 Å². The van der Waals surface area contributed by atoms with Gasteiger partial charge in [-0.25, -0.2) is 4.79 Å². The summed E-state index contributed by atoms with van der Waals surface area (Å²) in [4.78, 5) is 24.4. The SMILES string of the molecule is COC(=O)[C@H](Cc1cccc(N)c1)NC(=O)c1cc(Cl)ccc1Cl. The lowest BCUT2D eigenvalue weighted by Crippen LogP contribution is -2.43. The minimum absolute atomic E-state index is 0.186. The van der Waals surface area contributed by atoms with Crippen LogP contribution < -0.4 is 11.1 Å². The van der Waals surface area contributed by atoms with Crippen molar-refractivity contribution in [1.29, 1.82) is 0 Å². The zero-order valence-electron chi connectivity index (χ0n) is 12.9. The fourth-order valence-corrected chi connectivity index (χ4v) is 2.57. The molecule has 0 saturated carbocycles. The molecule has 0 heterocycles. The average Bonchev–Trinajstić information content (AvgIpc) is 2.55. The number of nitrogens with one attached hydrogen (secondary N) is 1. The van der Waals surface area contributed by atoms with Crippen LogP contribution in [0.4, 0.5) is 5.69 Å². The van der Waals surface area contributed by atoms with Crippen LogP contribution in [-0.4, -0.2) is 25.0 Å². The molecule has 2 rings (SSSR count). The first kappa shape index (κ1) is 18.1. The van der Waals surface area contributed by atoms with Crippen LogP contribution in [0.25, 0.3) is 0 Å². The minimum Gasteiger partial charge on any atom is -0.467 e. The molecular weight excluding hydrogens is 351 g/mol. The van der Waals surface area contributed by atoms with Crippen LogP contribution in [0.3, 0.4) is 0 Å². The van der Waals surface area contributed by atoms with Crippen LogP contribution in [-0.2, 0) is 16.0 Å². The number of rotatable bonds is 5. The predicted molar refractivity (Wildman–Crippen MR) is 94.3 cm³/mol. The maximum absolute atomic E-state index is 12.4. The number of methoxy groups -OCH3 is 1. The second kappa shape index (κ2) is 8.04. The Bertz CT molecular complexity index is 765. The molecule has 0 aliphatic carbocycles. The normalized spacial score (nSPS) is 11.6. The topological polar surface area (TPSA) is 81.4 Å². The largest absolute Gasteiger partial charge is 0.467 e. The number of hydrogen-bond donors (Lipinski definition) is 2. The molecule has 126 valence electrons. The third kappa shape index (κ3) is 4.63. The van der Waals surface area contributed by atoms with Crippen molar-refractivity contribution in [3.8, 4) is 0 Å². The Morgan fingerprint density at radius 1 is 1.21 bits per heavy atom. The molecule has 0 aliphatic heterocycles. The van der Waals surface area contributed by atoms with Gasteiger partial charge in [0.15, 0.2) is 0 Å². The lowest BCUT2D eigenvalue weighted by molar-refractivity contribution is -0.142. The van der Waals surface area contributed by atoms with Gasteiger partial charge in [0, 0.05) is 17.1 Å². The van der Waals surface area contributed by atoms with E-state index in [-0.39, 0.29) is 17.0 Å². The summed E-state index contributed by atoms with van der Waals surface area (Å²) in [5, 5.41) is 3.23. The quantitative estimate of drug-likeness (QED) is 0.629. The molecule has 0 unspecified atom stereocenters. The Kier molecular flexibility index (Phi) is 6.06. The molecule has 0 saturated heterocycles. The van der Waals surface area contributed by atoms with E-state index in [2.05, 4.69) is 5.32 Å². The second-order valence-electron chi connectivity index (χ2n) is 5.12. The number of carbonyl (C=O) groups is 2. The fraction of sp³-hybridized carbons (Fsp3) is 0.176. The van der Waals surface area contributed by atoms with Gasteiger partial charge in [0.25, 0.3) is 5.91 Å². The third-order valence-corrected chi connectivity index (χ3v) is 3.92. The molecule has 0 aromatic heterocycles. The van der Waals surface area contributed by atoms with E-state index in [1.165, 1.54) is 19.2 Å². The summed E-state index contributed by atoms with van der Waals surface area (Å²) >= 11 is 11.9. The molecule has 0 bridgehead atoms. The first-order valence-corrected chi connectivity index (χ1v) is 7.84. The molecule has 2 aromatic rings. The average molecular weight is 367 g/mol. The van der Waals surface area contributed by atoms with Gasteiger partial charge in [0.2, 0.25) is 0 Å². The van der Waals surface area contributed by atoms with Gasteiger partial charge in [-0.15, -0.1) is 0 Å². The first-order chi connectivity index (χ1) is 11.4. The van der Waals surface area contributed by atoms with E-state index in [0.717, 1.165) is 5.56 Å². The maximum atomic E-state index is 12.4. The smallest absolute Gasteiger partial charge is 0.328 e. The van der Waals surface area contributed by atoms with E-state index >= 15 is 0 Å². The number of halogens is 2. The van der Waals surface area contributed by atoms with E-state index in [4.69, 9.17) is 33.7 Å². The minimum atomic E-state index is -0.876. The van der Waals surface area contributed by atoms with E-state index in [9.17, 15) is 9.59 Å². The van der Waals surface area contributed by atoms with Crippen LogP contribution >= 0.6 is 23.2 Å². The van der Waals surface area contributed by atoms with E-state index in [1.807, 2.05) is 6.07 Å². The van der Waals surface area contributed by atoms with Crippen LogP contribution in [0.1, 0.15) is 15.9 Å². The van der Waals surface area contributed by atoms with Crippen molar-refractivity contribution < 1.29 is 14.3 Å². The van der Waals surface area contributed by atoms with Crippen LogP contribution in [0.2, 0.25) is 10.0 Å². The molecule has 7 heteroatoms. The molecule has 1 amide bonds. The number of carbonyl (C=O) groups excluding carboxylic acids is 2. The molecule has 0 fully saturated rings. The van der Waals surface area contributed by atoms with Gasteiger partial charge in [-0.1, -0.05) is 35.3 Å². The summed E-state index contributed by atoms with van der Waals surface area (Å²) in [6, 6.07) is 10.7. The van der Waals surface area contributed by atoms with Gasteiger partial charge in [-0.05, 0) is 35.9 Å². The molecule has 3 N–H and O–H groups in total. The highest BCUT2D eigenvalue weighted by Gasteiger charge is 2.23. The van der Waals surface area contributed by atoms with E-state index < -0.39 is 17.9 Å². The molecule has 0 spiro atoms. The molecule has 24 heavy (non-hydrogen) atoms. The lowest BCUT2D eigenvalue weighted by atomic mass is 10.0. The van der Waals surface area contributed by atoms with Crippen molar-refractivity contribution in [2.24, 2.45) is 0 Å². The van der Waals surface area contributed by atoms with E-state index in [0.29, 0.717) is 10.7 Å². The van der Waals surface area contributed by atoms with Gasteiger partial charge in [-0.3, -0.25) is 4.79 Å². The number of hydrogen-bond acceptors (Lipinski definition) is 4. The standard InChI is InChI=1S/C17H16Cl2N2O3/c1-24-17(23)15(8-10-3-2-4-12(20)7-10)21-16(22)13-9-11(18)5-6-14(13)19/h2-7,9,15H,8,20H2,1H3,(H,21,22)/t15-/m0/s1. The number of nitrogens with two attached hydrogens (primary N) is 1. The van der Waals surface area contributed by atoms with E-state index in [1.54, 1.807) is 24.3 Å².